The Hall–Kier alpha value is -0.450. The second-order valence-electron chi connectivity index (χ2n) is 6.62. The van der Waals surface area contributed by atoms with Crippen molar-refractivity contribution in [2.45, 2.75) is 63.8 Å². The Kier molecular flexibility index (Phi) is 4.97. The Bertz CT molecular complexity index is 447. The summed E-state index contributed by atoms with van der Waals surface area (Å²) in [6.45, 7) is 5.99. The number of aryl methyl sites for hydroxylation is 2. The van der Waals surface area contributed by atoms with E-state index in [-0.39, 0.29) is 5.54 Å². The van der Waals surface area contributed by atoms with Gasteiger partial charge in [-0.25, -0.2) is 4.98 Å². The first-order chi connectivity index (χ1) is 10.3. The molecule has 1 unspecified atom stereocenters. The minimum atomic E-state index is 0.129. The third-order valence-electron chi connectivity index (χ3n) is 5.21. The Morgan fingerprint density at radius 1 is 1.19 bits per heavy atom. The number of rotatable bonds is 4. The molecule has 118 valence electrons. The van der Waals surface area contributed by atoms with Crippen LogP contribution in [-0.2, 0) is 18.4 Å². The topological polar surface area (TPSA) is 28.2 Å². The number of nitrogens with one attached hydrogen (secondary N) is 1. The van der Waals surface area contributed by atoms with E-state index in [1.807, 2.05) is 11.3 Å². The van der Waals surface area contributed by atoms with E-state index in [9.17, 15) is 0 Å². The molecular formula is C17H29N3S. The molecule has 0 aromatic carbocycles. The average molecular weight is 308 g/mol. The molecule has 3 nitrogen and oxygen atoms in total. The van der Waals surface area contributed by atoms with Crippen LogP contribution in [0, 0.1) is 0 Å². The van der Waals surface area contributed by atoms with Crippen LogP contribution >= 0.6 is 11.3 Å². The molecule has 1 N–H and O–H groups in total. The standard InChI is InChI=1S/C17H29N3S/c1-3-11-20-12-6-9-17(18-2,10-13-20)16-19-14-7-4-5-8-15(14)21-16/h18H,3-13H2,1-2H3. The van der Waals surface area contributed by atoms with E-state index < -0.39 is 0 Å². The molecular weight excluding hydrogens is 278 g/mol. The molecule has 0 spiro atoms. The number of hydrogen-bond donors (Lipinski definition) is 1. The number of hydrogen-bond acceptors (Lipinski definition) is 4. The monoisotopic (exact) mass is 307 g/mol. The Morgan fingerprint density at radius 3 is 2.81 bits per heavy atom. The zero-order valence-electron chi connectivity index (χ0n) is 13.6. The summed E-state index contributed by atoms with van der Waals surface area (Å²) in [6.07, 6.45) is 10.1. The Labute approximate surface area is 133 Å². The van der Waals surface area contributed by atoms with Gasteiger partial charge in [0.25, 0.3) is 0 Å². The molecule has 0 radical (unpaired) electrons. The second kappa shape index (κ2) is 6.76. The van der Waals surface area contributed by atoms with Gasteiger partial charge in [-0.15, -0.1) is 11.3 Å². The third kappa shape index (κ3) is 3.17. The summed E-state index contributed by atoms with van der Waals surface area (Å²) in [5.41, 5.74) is 1.54. The second-order valence-corrected chi connectivity index (χ2v) is 7.71. The fourth-order valence-corrected chi connectivity index (χ4v) is 5.26. The van der Waals surface area contributed by atoms with Gasteiger partial charge in [-0.3, -0.25) is 0 Å². The molecule has 21 heavy (non-hydrogen) atoms. The number of nitrogens with zero attached hydrogens (tertiary/aromatic N) is 2. The van der Waals surface area contributed by atoms with Gasteiger partial charge in [0.2, 0.25) is 0 Å². The van der Waals surface area contributed by atoms with Gasteiger partial charge in [-0.05, 0) is 71.5 Å². The molecule has 0 saturated carbocycles. The Morgan fingerprint density at radius 2 is 2.05 bits per heavy atom. The molecule has 1 aromatic rings. The van der Waals surface area contributed by atoms with E-state index >= 15 is 0 Å². The lowest BCUT2D eigenvalue weighted by Crippen LogP contribution is -2.41. The van der Waals surface area contributed by atoms with Crippen LogP contribution in [0.5, 0.6) is 0 Å². The molecule has 0 amide bonds. The van der Waals surface area contributed by atoms with Crippen LogP contribution in [0.15, 0.2) is 0 Å². The van der Waals surface area contributed by atoms with Gasteiger partial charge in [-0.2, -0.15) is 0 Å². The molecule has 0 bridgehead atoms. The molecule has 1 atom stereocenters. The highest BCUT2D eigenvalue weighted by molar-refractivity contribution is 7.11. The van der Waals surface area contributed by atoms with E-state index in [1.165, 1.54) is 81.7 Å². The number of likely N-dealkylation sites (tertiary alicyclic amines) is 1. The van der Waals surface area contributed by atoms with Crippen molar-refractivity contribution in [1.82, 2.24) is 15.2 Å². The van der Waals surface area contributed by atoms with Crippen molar-refractivity contribution in [1.29, 1.82) is 0 Å². The van der Waals surface area contributed by atoms with E-state index in [0.717, 1.165) is 0 Å². The van der Waals surface area contributed by atoms with E-state index in [4.69, 9.17) is 4.98 Å². The Balaban J connectivity index is 1.81. The number of fused-ring (bicyclic) bond motifs is 1. The minimum absolute atomic E-state index is 0.129. The first-order valence-electron chi connectivity index (χ1n) is 8.68. The van der Waals surface area contributed by atoms with Gasteiger partial charge in [0.15, 0.2) is 0 Å². The summed E-state index contributed by atoms with van der Waals surface area (Å²) < 4.78 is 0. The maximum atomic E-state index is 5.07. The maximum absolute atomic E-state index is 5.07. The summed E-state index contributed by atoms with van der Waals surface area (Å²) in [7, 11) is 2.13. The molecule has 1 saturated heterocycles. The first kappa shape index (κ1) is 15.4. The summed E-state index contributed by atoms with van der Waals surface area (Å²) in [4.78, 5) is 9.27. The smallest absolute Gasteiger partial charge is 0.113 e. The van der Waals surface area contributed by atoms with Crippen LogP contribution in [-0.4, -0.2) is 36.6 Å². The van der Waals surface area contributed by atoms with Gasteiger partial charge < -0.3 is 10.2 Å². The molecule has 2 aliphatic rings. The average Bonchev–Trinajstić information content (AvgIpc) is 2.84. The van der Waals surface area contributed by atoms with Crippen molar-refractivity contribution in [3.05, 3.63) is 15.6 Å². The summed E-state index contributed by atoms with van der Waals surface area (Å²) >= 11 is 2.00. The number of aromatic nitrogens is 1. The predicted octanol–water partition coefficient (Wildman–Crippen LogP) is 3.33. The van der Waals surface area contributed by atoms with Gasteiger partial charge in [-0.1, -0.05) is 6.92 Å². The molecule has 1 aromatic heterocycles. The van der Waals surface area contributed by atoms with Crippen LogP contribution in [0.3, 0.4) is 0 Å². The van der Waals surface area contributed by atoms with E-state index in [2.05, 4.69) is 24.2 Å². The fourth-order valence-electron chi connectivity index (χ4n) is 3.86. The summed E-state index contributed by atoms with van der Waals surface area (Å²) in [6, 6.07) is 0. The van der Waals surface area contributed by atoms with Crippen LogP contribution in [0.2, 0.25) is 0 Å². The minimum Gasteiger partial charge on any atom is -0.308 e. The molecule has 4 heteroatoms. The summed E-state index contributed by atoms with van der Waals surface area (Å²) in [5, 5.41) is 5.04. The van der Waals surface area contributed by atoms with Gasteiger partial charge in [0, 0.05) is 11.4 Å². The highest BCUT2D eigenvalue weighted by Gasteiger charge is 2.36. The van der Waals surface area contributed by atoms with Crippen molar-refractivity contribution in [2.24, 2.45) is 0 Å². The fraction of sp³-hybridized carbons (Fsp3) is 0.824. The van der Waals surface area contributed by atoms with E-state index in [0.29, 0.717) is 0 Å². The SMILES string of the molecule is CCCN1CCCC(NC)(c2nc3c(s2)CCCC3)CC1. The lowest BCUT2D eigenvalue weighted by atomic mass is 9.91. The number of thiazole rings is 1. The van der Waals surface area contributed by atoms with Crippen LogP contribution in [0.4, 0.5) is 0 Å². The molecule has 2 heterocycles. The maximum Gasteiger partial charge on any atom is 0.113 e. The lowest BCUT2D eigenvalue weighted by Gasteiger charge is -2.30. The highest BCUT2D eigenvalue weighted by Crippen LogP contribution is 2.38. The van der Waals surface area contributed by atoms with Crippen molar-refractivity contribution in [3.8, 4) is 0 Å². The van der Waals surface area contributed by atoms with Crippen LogP contribution in [0.25, 0.3) is 0 Å². The van der Waals surface area contributed by atoms with E-state index in [1.54, 1.807) is 4.88 Å². The molecule has 1 aliphatic carbocycles. The predicted molar refractivity (Wildman–Crippen MR) is 90.1 cm³/mol. The highest BCUT2D eigenvalue weighted by atomic mass is 32.1. The zero-order valence-corrected chi connectivity index (χ0v) is 14.4. The van der Waals surface area contributed by atoms with Crippen LogP contribution in [0.1, 0.15) is 61.0 Å². The largest absolute Gasteiger partial charge is 0.308 e. The lowest BCUT2D eigenvalue weighted by molar-refractivity contribution is 0.264. The van der Waals surface area contributed by atoms with Gasteiger partial charge in [0.1, 0.15) is 5.01 Å². The zero-order chi connectivity index (χ0) is 14.7. The molecule has 1 aliphatic heterocycles. The molecule has 3 rings (SSSR count). The third-order valence-corrected chi connectivity index (χ3v) is 6.57. The summed E-state index contributed by atoms with van der Waals surface area (Å²) in [5.74, 6) is 0. The van der Waals surface area contributed by atoms with Crippen LogP contribution < -0.4 is 5.32 Å². The molecule has 1 fully saturated rings. The van der Waals surface area contributed by atoms with Crippen molar-refractivity contribution in [3.63, 3.8) is 0 Å². The van der Waals surface area contributed by atoms with Gasteiger partial charge >= 0.3 is 0 Å². The van der Waals surface area contributed by atoms with Crippen molar-refractivity contribution < 1.29 is 0 Å². The first-order valence-corrected chi connectivity index (χ1v) is 9.49. The quantitative estimate of drug-likeness (QED) is 0.925. The van der Waals surface area contributed by atoms with Crippen molar-refractivity contribution in [2.75, 3.05) is 26.7 Å². The normalized spacial score (nSPS) is 27.3. The van der Waals surface area contributed by atoms with Gasteiger partial charge in [0.05, 0.1) is 11.2 Å². The van der Waals surface area contributed by atoms with Crippen molar-refractivity contribution >= 4 is 11.3 Å².